The van der Waals surface area contributed by atoms with Crippen molar-refractivity contribution in [1.29, 1.82) is 10.5 Å². The third-order valence-electron chi connectivity index (χ3n) is 18.9. The summed E-state index contributed by atoms with van der Waals surface area (Å²) >= 11 is 0. The highest BCUT2D eigenvalue weighted by Crippen LogP contribution is 2.48. The normalized spacial score (nSPS) is 12.6. The van der Waals surface area contributed by atoms with Crippen molar-refractivity contribution >= 4 is 153 Å². The fraction of sp³-hybridized carbons (Fsp3) is 0. The SMILES string of the molecule is N#Cc1c(C#N)c2c3ccccc3n3c4ccccc4c(=O)n4c5cc(-c6cn7c8ccccc8c(=O)n8c(-c9cccc%10c9c(=O)c9ccc%11c%12ccccc%12n%12c(=O)c%13ccccc%13n%10c9c%11%12)cc9c%10ccccc%10c6c7c98)ccc5c1c4c23. The molecule has 0 bridgehead atoms. The summed E-state index contributed by atoms with van der Waals surface area (Å²) in [5.74, 6) is 0. The van der Waals surface area contributed by atoms with Gasteiger partial charge in [-0.3, -0.25) is 32.4 Å². The van der Waals surface area contributed by atoms with Crippen LogP contribution in [0.5, 0.6) is 0 Å². The summed E-state index contributed by atoms with van der Waals surface area (Å²) in [4.78, 5) is 62.5. The summed E-state index contributed by atoms with van der Waals surface area (Å²) in [5, 5.41) is 32.3. The quantitative estimate of drug-likeness (QED) is 0.158. The van der Waals surface area contributed by atoms with Crippen LogP contribution < -0.4 is 22.1 Å². The lowest BCUT2D eigenvalue weighted by Gasteiger charge is -2.13. The number of fused-ring (bicyclic) bond motifs is 20. The molecule has 86 heavy (non-hydrogen) atoms. The number of pyridine rings is 1. The van der Waals surface area contributed by atoms with E-state index >= 15 is 19.2 Å². The molecular formula is C74H34N8O4. The highest BCUT2D eigenvalue weighted by Gasteiger charge is 2.31. The molecule has 12 nitrogen and oxygen atoms in total. The molecule has 9 aromatic heterocycles. The van der Waals surface area contributed by atoms with E-state index in [9.17, 15) is 10.5 Å². The first-order valence-electron chi connectivity index (χ1n) is 28.3. The number of hydrogen-bond donors (Lipinski definition) is 0. The van der Waals surface area contributed by atoms with Crippen LogP contribution in [0.1, 0.15) is 11.1 Å². The first kappa shape index (κ1) is 45.3. The van der Waals surface area contributed by atoms with E-state index in [2.05, 4.69) is 49.7 Å². The average Bonchev–Trinajstić information content (AvgIpc) is 1.54. The van der Waals surface area contributed by atoms with E-state index in [1.807, 2.05) is 182 Å². The van der Waals surface area contributed by atoms with Crippen LogP contribution in [0.15, 0.2) is 226 Å². The lowest BCUT2D eigenvalue weighted by atomic mass is 9.95. The first-order valence-corrected chi connectivity index (χ1v) is 28.3. The molecule has 0 aliphatic rings. The van der Waals surface area contributed by atoms with Gasteiger partial charge in [0.15, 0.2) is 5.43 Å². The molecule has 0 fully saturated rings. The molecule has 9 heterocycles. The number of hydrogen-bond acceptors (Lipinski definition) is 6. The topological polar surface area (TPSA) is 142 Å². The van der Waals surface area contributed by atoms with Crippen LogP contribution in [-0.2, 0) is 0 Å². The van der Waals surface area contributed by atoms with E-state index in [4.69, 9.17) is 0 Å². The first-order chi connectivity index (χ1) is 42.3. The van der Waals surface area contributed by atoms with Crippen molar-refractivity contribution < 1.29 is 0 Å². The Morgan fingerprint density at radius 3 is 1.43 bits per heavy atom. The summed E-state index contributed by atoms with van der Waals surface area (Å²) in [6.07, 6.45) is 2.09. The predicted octanol–water partition coefficient (Wildman–Crippen LogP) is 14.7. The molecule has 0 aliphatic carbocycles. The van der Waals surface area contributed by atoms with Gasteiger partial charge in [0.1, 0.15) is 12.1 Å². The Labute approximate surface area is 480 Å². The van der Waals surface area contributed by atoms with Gasteiger partial charge >= 0.3 is 0 Å². The molecule has 0 saturated carbocycles. The zero-order valence-corrected chi connectivity index (χ0v) is 44.8. The maximum Gasteiger partial charge on any atom is 0.265 e. The zero-order valence-electron chi connectivity index (χ0n) is 44.8. The van der Waals surface area contributed by atoms with Crippen molar-refractivity contribution in [3.63, 3.8) is 0 Å². The lowest BCUT2D eigenvalue weighted by molar-refractivity contribution is 1.17. The Balaban J connectivity index is 0.943. The fourth-order valence-corrected chi connectivity index (χ4v) is 15.6. The molecule has 20 aromatic rings. The molecule has 0 radical (unpaired) electrons. The van der Waals surface area contributed by atoms with E-state index in [1.165, 1.54) is 0 Å². The van der Waals surface area contributed by atoms with Gasteiger partial charge in [-0.2, -0.15) is 10.5 Å². The van der Waals surface area contributed by atoms with Gasteiger partial charge in [-0.05, 0) is 89.1 Å². The highest BCUT2D eigenvalue weighted by molar-refractivity contribution is 6.31. The molecule has 0 unspecified atom stereocenters. The third-order valence-corrected chi connectivity index (χ3v) is 18.9. The van der Waals surface area contributed by atoms with E-state index in [0.29, 0.717) is 110 Å². The number of nitrogens with zero attached hydrogens (tertiary/aromatic N) is 8. The van der Waals surface area contributed by atoms with Crippen LogP contribution in [0, 0.1) is 22.7 Å². The zero-order chi connectivity index (χ0) is 56.9. The maximum atomic E-state index is 16.0. The molecule has 12 heteroatoms. The second kappa shape index (κ2) is 15.4. The van der Waals surface area contributed by atoms with Crippen molar-refractivity contribution in [3.05, 3.63) is 259 Å². The molecule has 0 saturated heterocycles. The van der Waals surface area contributed by atoms with Gasteiger partial charge in [0.05, 0.1) is 110 Å². The Hall–Kier alpha value is -12.4. The molecule has 0 atom stereocenters. The summed E-state index contributed by atoms with van der Waals surface area (Å²) in [5.41, 5.74) is 10.8. The largest absolute Gasteiger partial charge is 0.313 e. The predicted molar refractivity (Wildman–Crippen MR) is 344 cm³/mol. The molecule has 11 aromatic carbocycles. The summed E-state index contributed by atoms with van der Waals surface area (Å²) in [6, 6.07) is 69.1. The molecule has 20 rings (SSSR count). The number of aromatic nitrogens is 6. The van der Waals surface area contributed by atoms with Crippen LogP contribution in [0.3, 0.4) is 0 Å². The molecule has 0 N–H and O–H groups in total. The molecule has 0 spiro atoms. The Bertz CT molecular complexity index is 7020. The minimum atomic E-state index is -0.269. The van der Waals surface area contributed by atoms with Crippen LogP contribution in [0.2, 0.25) is 0 Å². The smallest absolute Gasteiger partial charge is 0.265 e. The van der Waals surface area contributed by atoms with Crippen molar-refractivity contribution in [2.24, 2.45) is 0 Å². The van der Waals surface area contributed by atoms with Gasteiger partial charge in [0.25, 0.3) is 16.7 Å². The van der Waals surface area contributed by atoms with Crippen molar-refractivity contribution in [2.45, 2.75) is 0 Å². The molecule has 0 amide bonds. The van der Waals surface area contributed by atoms with E-state index in [1.54, 1.807) is 13.2 Å². The van der Waals surface area contributed by atoms with Crippen LogP contribution in [0.25, 0.3) is 175 Å². The summed E-state index contributed by atoms with van der Waals surface area (Å²) in [6.45, 7) is 0. The Kier molecular flexibility index (Phi) is 8.09. The minimum absolute atomic E-state index is 0.194. The van der Waals surface area contributed by atoms with Gasteiger partial charge in [-0.25, -0.2) is 0 Å². The van der Waals surface area contributed by atoms with Crippen molar-refractivity contribution in [1.82, 2.24) is 26.4 Å². The lowest BCUT2D eigenvalue weighted by Crippen LogP contribution is -2.13. The van der Waals surface area contributed by atoms with E-state index in [0.717, 1.165) is 65.4 Å². The Morgan fingerprint density at radius 1 is 0.291 bits per heavy atom. The van der Waals surface area contributed by atoms with E-state index in [-0.39, 0.29) is 33.2 Å². The second-order valence-electron chi connectivity index (χ2n) is 22.7. The molecular weight excluding hydrogens is 1060 g/mol. The molecule has 0 aliphatic heterocycles. The fourth-order valence-electron chi connectivity index (χ4n) is 15.6. The number of benzene rings is 11. The van der Waals surface area contributed by atoms with Crippen molar-refractivity contribution in [3.8, 4) is 34.5 Å². The average molecular weight is 1100 g/mol. The highest BCUT2D eigenvalue weighted by atomic mass is 16.1. The van der Waals surface area contributed by atoms with Gasteiger partial charge in [-0.15, -0.1) is 0 Å². The standard InChI is InChI=1S/C74H34N8O4/c75-34-50-51(35-76)63-44-29-28-37(32-59(44)82-70(63)69-62(50)42-17-4-10-24-55(42)78(69)56-25-11-6-19-46(56)74(82)86)52-36-77-53-22-8-5-18-45(53)72(84)81-60(33-49-38-14-1-2-16-40(38)61(52)68(77)67(49)81)43-21-13-27-58-64(43)71(83)48-31-30-41-39-15-3-9-23-54(39)80-65(41)66(48)79(58)57-26-12-7-20-47(57)73(80)85/h1-33,36H. The molecule has 394 valence electrons. The van der Waals surface area contributed by atoms with Crippen LogP contribution in [-0.4, -0.2) is 26.4 Å². The van der Waals surface area contributed by atoms with Gasteiger partial charge in [0.2, 0.25) is 0 Å². The Morgan fingerprint density at radius 2 is 0.756 bits per heavy atom. The second-order valence-corrected chi connectivity index (χ2v) is 22.7. The number of para-hydroxylation sites is 5. The minimum Gasteiger partial charge on any atom is -0.313 e. The third kappa shape index (κ3) is 5.06. The van der Waals surface area contributed by atoms with Crippen molar-refractivity contribution in [2.75, 3.05) is 0 Å². The van der Waals surface area contributed by atoms with Crippen LogP contribution in [0.4, 0.5) is 0 Å². The monoisotopic (exact) mass is 1100 g/mol. The van der Waals surface area contributed by atoms with E-state index < -0.39 is 0 Å². The number of nitriles is 2. The summed E-state index contributed by atoms with van der Waals surface area (Å²) < 4.78 is 11.6. The van der Waals surface area contributed by atoms with Crippen LogP contribution >= 0.6 is 0 Å². The maximum absolute atomic E-state index is 16.0. The van der Waals surface area contributed by atoms with Gasteiger partial charge in [-0.1, -0.05) is 127 Å². The number of rotatable bonds is 2. The van der Waals surface area contributed by atoms with Gasteiger partial charge in [0, 0.05) is 65.8 Å². The summed E-state index contributed by atoms with van der Waals surface area (Å²) in [7, 11) is 0. The van der Waals surface area contributed by atoms with Gasteiger partial charge < -0.3 is 13.2 Å².